The summed E-state index contributed by atoms with van der Waals surface area (Å²) in [5.74, 6) is 0.355. The molecule has 1 atom stereocenters. The van der Waals surface area contributed by atoms with Crippen molar-refractivity contribution in [2.45, 2.75) is 30.8 Å². The first kappa shape index (κ1) is 20.8. The van der Waals surface area contributed by atoms with Gasteiger partial charge in [-0.05, 0) is 43.2 Å². The van der Waals surface area contributed by atoms with E-state index in [0.717, 1.165) is 11.1 Å². The van der Waals surface area contributed by atoms with Gasteiger partial charge in [0.05, 0.1) is 16.2 Å². The van der Waals surface area contributed by atoms with Gasteiger partial charge in [-0.3, -0.25) is 9.59 Å². The Balaban J connectivity index is 1.65. The summed E-state index contributed by atoms with van der Waals surface area (Å²) in [5.41, 5.74) is 2.41. The second-order valence-corrected chi connectivity index (χ2v) is 8.52. The smallest absolute Gasteiger partial charge is 0.267 e. The summed E-state index contributed by atoms with van der Waals surface area (Å²) < 4.78 is 1.48. The first-order chi connectivity index (χ1) is 15.0. The van der Waals surface area contributed by atoms with Gasteiger partial charge in [0.15, 0.2) is 5.16 Å². The lowest BCUT2D eigenvalue weighted by Gasteiger charge is -2.16. The Morgan fingerprint density at radius 3 is 2.55 bits per heavy atom. The molecule has 156 valence electrons. The third-order valence-electron chi connectivity index (χ3n) is 4.83. The minimum absolute atomic E-state index is 0.125. The number of thioether (sulfide) groups is 1. The van der Waals surface area contributed by atoms with E-state index in [1.165, 1.54) is 16.3 Å². The standard InChI is InChI=1S/C24H22N4O2S/c1-16-12-13-21(25-14-16)28-23(30)19-10-6-7-11-20(19)27-24(28)31-17(2)22(29)26-15-18-8-4-3-5-9-18/h3-14,17H,15H2,1-2H3,(H,26,29). The average Bonchev–Trinajstić information content (AvgIpc) is 2.79. The molecule has 4 rings (SSSR count). The molecule has 0 fully saturated rings. The van der Waals surface area contributed by atoms with Gasteiger partial charge in [0.1, 0.15) is 5.82 Å². The molecule has 1 N–H and O–H groups in total. The van der Waals surface area contributed by atoms with Gasteiger partial charge in [-0.25, -0.2) is 14.5 Å². The number of aryl methyl sites for hydroxylation is 1. The quantitative estimate of drug-likeness (QED) is 0.371. The van der Waals surface area contributed by atoms with Crippen LogP contribution in [0.3, 0.4) is 0 Å². The maximum absolute atomic E-state index is 13.3. The van der Waals surface area contributed by atoms with Crippen LogP contribution in [0.5, 0.6) is 0 Å². The topological polar surface area (TPSA) is 76.9 Å². The predicted octanol–water partition coefficient (Wildman–Crippen LogP) is 3.89. The number of carbonyl (C=O) groups is 1. The van der Waals surface area contributed by atoms with Crippen molar-refractivity contribution in [2.24, 2.45) is 0 Å². The normalized spacial score (nSPS) is 11.9. The zero-order chi connectivity index (χ0) is 21.8. The number of fused-ring (bicyclic) bond motifs is 1. The zero-order valence-electron chi connectivity index (χ0n) is 17.3. The van der Waals surface area contributed by atoms with Crippen LogP contribution in [0.15, 0.2) is 82.9 Å². The maximum Gasteiger partial charge on any atom is 0.267 e. The van der Waals surface area contributed by atoms with Gasteiger partial charge in [0, 0.05) is 12.7 Å². The van der Waals surface area contributed by atoms with Crippen molar-refractivity contribution in [3.63, 3.8) is 0 Å². The predicted molar refractivity (Wildman–Crippen MR) is 123 cm³/mol. The molecule has 0 bridgehead atoms. The number of rotatable bonds is 6. The largest absolute Gasteiger partial charge is 0.351 e. The highest BCUT2D eigenvalue weighted by Crippen LogP contribution is 2.24. The second-order valence-electron chi connectivity index (χ2n) is 7.21. The molecule has 0 spiro atoms. The Kier molecular flexibility index (Phi) is 6.13. The van der Waals surface area contributed by atoms with Crippen LogP contribution in [0.2, 0.25) is 0 Å². The minimum Gasteiger partial charge on any atom is -0.351 e. The molecule has 0 aliphatic heterocycles. The lowest BCUT2D eigenvalue weighted by molar-refractivity contribution is -0.120. The number of nitrogens with zero attached hydrogens (tertiary/aromatic N) is 3. The minimum atomic E-state index is -0.450. The zero-order valence-corrected chi connectivity index (χ0v) is 18.1. The Bertz CT molecular complexity index is 1270. The van der Waals surface area contributed by atoms with E-state index in [-0.39, 0.29) is 11.5 Å². The number of aromatic nitrogens is 3. The summed E-state index contributed by atoms with van der Waals surface area (Å²) in [7, 11) is 0. The van der Waals surface area contributed by atoms with Crippen molar-refractivity contribution >= 4 is 28.6 Å². The molecule has 1 amide bonds. The van der Waals surface area contributed by atoms with Crippen molar-refractivity contribution < 1.29 is 4.79 Å². The van der Waals surface area contributed by atoms with E-state index in [0.29, 0.717) is 28.4 Å². The summed E-state index contributed by atoms with van der Waals surface area (Å²) in [4.78, 5) is 35.1. The molecule has 6 nitrogen and oxygen atoms in total. The molecular formula is C24H22N4O2S. The van der Waals surface area contributed by atoms with E-state index in [2.05, 4.69) is 15.3 Å². The van der Waals surface area contributed by atoms with E-state index >= 15 is 0 Å². The highest BCUT2D eigenvalue weighted by Gasteiger charge is 2.20. The number of hydrogen-bond donors (Lipinski definition) is 1. The summed E-state index contributed by atoms with van der Waals surface area (Å²) in [6.45, 7) is 4.19. The molecule has 1 unspecified atom stereocenters. The summed E-state index contributed by atoms with van der Waals surface area (Å²) >= 11 is 1.24. The van der Waals surface area contributed by atoms with Crippen molar-refractivity contribution in [1.29, 1.82) is 0 Å². The number of pyridine rings is 1. The number of carbonyl (C=O) groups excluding carboxylic acids is 1. The Morgan fingerprint density at radius 1 is 1.06 bits per heavy atom. The van der Waals surface area contributed by atoms with Crippen LogP contribution < -0.4 is 10.9 Å². The first-order valence-electron chi connectivity index (χ1n) is 9.96. The lowest BCUT2D eigenvalue weighted by Crippen LogP contribution is -2.31. The van der Waals surface area contributed by atoms with E-state index in [4.69, 9.17) is 0 Å². The van der Waals surface area contributed by atoms with Crippen molar-refractivity contribution in [2.75, 3.05) is 0 Å². The van der Waals surface area contributed by atoms with Gasteiger partial charge in [-0.1, -0.05) is 60.3 Å². The number of para-hydroxylation sites is 1. The van der Waals surface area contributed by atoms with E-state index in [1.807, 2.05) is 55.5 Å². The molecule has 0 radical (unpaired) electrons. The van der Waals surface area contributed by atoms with Crippen LogP contribution in [-0.4, -0.2) is 25.7 Å². The molecule has 0 saturated carbocycles. The summed E-state index contributed by atoms with van der Waals surface area (Å²) in [6, 6.07) is 20.6. The van der Waals surface area contributed by atoms with Crippen LogP contribution in [0.1, 0.15) is 18.1 Å². The number of amides is 1. The molecular weight excluding hydrogens is 408 g/mol. The summed E-state index contributed by atoms with van der Waals surface area (Å²) in [6.07, 6.45) is 1.71. The highest BCUT2D eigenvalue weighted by molar-refractivity contribution is 8.00. The van der Waals surface area contributed by atoms with E-state index < -0.39 is 5.25 Å². The lowest BCUT2D eigenvalue weighted by atomic mass is 10.2. The fourth-order valence-corrected chi connectivity index (χ4v) is 4.07. The van der Waals surface area contributed by atoms with E-state index in [1.54, 1.807) is 31.3 Å². The van der Waals surface area contributed by atoms with Crippen molar-refractivity contribution in [1.82, 2.24) is 19.9 Å². The third kappa shape index (κ3) is 4.67. The van der Waals surface area contributed by atoms with Gasteiger partial charge in [-0.15, -0.1) is 0 Å². The molecule has 2 aromatic heterocycles. The number of benzene rings is 2. The molecule has 0 aliphatic carbocycles. The second kappa shape index (κ2) is 9.14. The SMILES string of the molecule is Cc1ccc(-n2c(SC(C)C(=O)NCc3ccccc3)nc3ccccc3c2=O)nc1. The number of hydrogen-bond acceptors (Lipinski definition) is 5. The molecule has 7 heteroatoms. The van der Waals surface area contributed by atoms with Crippen LogP contribution >= 0.6 is 11.8 Å². The third-order valence-corrected chi connectivity index (χ3v) is 5.88. The van der Waals surface area contributed by atoms with Crippen LogP contribution in [0.4, 0.5) is 0 Å². The molecule has 31 heavy (non-hydrogen) atoms. The number of nitrogens with one attached hydrogen (secondary N) is 1. The molecule has 2 heterocycles. The van der Waals surface area contributed by atoms with Gasteiger partial charge < -0.3 is 5.32 Å². The monoisotopic (exact) mass is 430 g/mol. The Labute approximate surface area is 184 Å². The fraction of sp³-hybridized carbons (Fsp3) is 0.167. The fourth-order valence-electron chi connectivity index (χ4n) is 3.13. The van der Waals surface area contributed by atoms with Crippen LogP contribution in [0.25, 0.3) is 16.7 Å². The van der Waals surface area contributed by atoms with Gasteiger partial charge in [0.25, 0.3) is 5.56 Å². The summed E-state index contributed by atoms with van der Waals surface area (Å²) in [5, 5.41) is 3.44. The Hall–Kier alpha value is -3.45. The Morgan fingerprint density at radius 2 is 1.81 bits per heavy atom. The first-order valence-corrected chi connectivity index (χ1v) is 10.8. The van der Waals surface area contributed by atoms with Crippen molar-refractivity contribution in [3.05, 3.63) is 94.4 Å². The van der Waals surface area contributed by atoms with Gasteiger partial charge in [0.2, 0.25) is 5.91 Å². The molecule has 0 aliphatic rings. The van der Waals surface area contributed by atoms with Gasteiger partial charge in [-0.2, -0.15) is 0 Å². The molecule has 2 aromatic carbocycles. The van der Waals surface area contributed by atoms with Crippen LogP contribution in [0, 0.1) is 6.92 Å². The van der Waals surface area contributed by atoms with Gasteiger partial charge >= 0.3 is 0 Å². The van der Waals surface area contributed by atoms with Crippen molar-refractivity contribution in [3.8, 4) is 5.82 Å². The highest BCUT2D eigenvalue weighted by atomic mass is 32.2. The van der Waals surface area contributed by atoms with Crippen LogP contribution in [-0.2, 0) is 11.3 Å². The average molecular weight is 431 g/mol. The molecule has 4 aromatic rings. The maximum atomic E-state index is 13.3. The van der Waals surface area contributed by atoms with E-state index in [9.17, 15) is 9.59 Å². The molecule has 0 saturated heterocycles.